The molecule has 1 N–H and O–H groups in total. The maximum atomic E-state index is 15.2. The fourth-order valence-electron chi connectivity index (χ4n) is 9.50. The third kappa shape index (κ3) is 13.5. The Morgan fingerprint density at radius 1 is 1.02 bits per heavy atom. The van der Waals surface area contributed by atoms with Gasteiger partial charge in [0.25, 0.3) is 0 Å². The first kappa shape index (κ1) is 52.8. The summed E-state index contributed by atoms with van der Waals surface area (Å²) in [6.45, 7) is 32.6. The molecule has 2 saturated heterocycles. The molecule has 3 rings (SSSR count). The van der Waals surface area contributed by atoms with E-state index in [1.54, 1.807) is 23.1 Å². The minimum Gasteiger partial charge on any atom is -0.458 e. The molecule has 3 heterocycles. The lowest BCUT2D eigenvalue weighted by atomic mass is 9.73. The monoisotopic (exact) mass is 910 g/mol. The highest BCUT2D eigenvalue weighted by Gasteiger charge is 2.59. The van der Waals surface area contributed by atoms with Crippen LogP contribution in [0.2, 0.25) is 36.3 Å². The molecule has 0 spiro atoms. The van der Waals surface area contributed by atoms with Crippen molar-refractivity contribution in [3.63, 3.8) is 0 Å². The number of fused-ring (bicyclic) bond motifs is 1. The van der Waals surface area contributed by atoms with Crippen molar-refractivity contribution in [3.8, 4) is 0 Å². The summed E-state index contributed by atoms with van der Waals surface area (Å²) < 4.78 is 27.7. The van der Waals surface area contributed by atoms with Crippen molar-refractivity contribution in [3.05, 3.63) is 16.6 Å². The average Bonchev–Trinajstić information content (AvgIpc) is 3.47. The van der Waals surface area contributed by atoms with Crippen molar-refractivity contribution in [2.75, 3.05) is 19.3 Å². The van der Waals surface area contributed by atoms with Gasteiger partial charge in [-0.25, -0.2) is 9.78 Å². The van der Waals surface area contributed by atoms with E-state index in [0.717, 1.165) is 71.1 Å². The van der Waals surface area contributed by atoms with E-state index in [1.807, 2.05) is 59.3 Å². The second-order valence-electron chi connectivity index (χ2n) is 19.5. The largest absolute Gasteiger partial charge is 0.458 e. The zero-order valence-corrected chi connectivity index (χ0v) is 44.0. The summed E-state index contributed by atoms with van der Waals surface area (Å²) in [5.41, 5.74) is 0.0383. The summed E-state index contributed by atoms with van der Waals surface area (Å²) in [4.78, 5) is 49.6. The molecule has 0 radical (unpaired) electrons. The zero-order chi connectivity index (χ0) is 45.3. The lowest BCUT2D eigenvalue weighted by molar-refractivity contribution is -0.153. The quantitative estimate of drug-likeness (QED) is 0.0744. The lowest BCUT2D eigenvalue weighted by Crippen LogP contribution is -2.53. The number of esters is 1. The molecule has 2 fully saturated rings. The highest BCUT2D eigenvalue weighted by atomic mass is 32.2. The van der Waals surface area contributed by atoms with Crippen molar-refractivity contribution in [1.29, 1.82) is 0 Å². The molecule has 1 aromatic rings. The number of ether oxygens (including phenoxy) is 2. The van der Waals surface area contributed by atoms with Crippen molar-refractivity contribution in [2.24, 2.45) is 17.3 Å². The predicted molar refractivity (Wildman–Crippen MR) is 255 cm³/mol. The third-order valence-corrected chi connectivity index (χ3v) is 25.4. The maximum absolute atomic E-state index is 15.2. The number of amides is 1. The van der Waals surface area contributed by atoms with Gasteiger partial charge in [-0.3, -0.25) is 14.5 Å². The molecule has 14 heteroatoms. The topological polar surface area (TPSA) is 116 Å². The molecule has 1 unspecified atom stereocenters. The Balaban J connectivity index is 2.15. The third-order valence-electron chi connectivity index (χ3n) is 14.2. The van der Waals surface area contributed by atoms with Crippen LogP contribution in [0, 0.1) is 17.3 Å². The van der Waals surface area contributed by atoms with Gasteiger partial charge < -0.3 is 23.6 Å². The van der Waals surface area contributed by atoms with E-state index in [-0.39, 0.29) is 47.7 Å². The van der Waals surface area contributed by atoms with E-state index < -0.39 is 46.0 Å². The summed E-state index contributed by atoms with van der Waals surface area (Å²) in [5.74, 6) is -0.498. The highest BCUT2D eigenvalue weighted by molar-refractivity contribution is 8.00. The number of cyclic esters (lactones) is 1. The van der Waals surface area contributed by atoms with E-state index in [4.69, 9.17) is 23.3 Å². The Hall–Kier alpha value is -1.56. The Labute approximate surface area is 375 Å². The summed E-state index contributed by atoms with van der Waals surface area (Å²) in [7, 11) is -4.39. The molecule has 0 bridgehead atoms. The fourth-order valence-corrected chi connectivity index (χ4v) is 16.7. The Kier molecular flexibility index (Phi) is 19.7. The molecular weight excluding hydrogens is 827 g/mol. The number of nitrogens with one attached hydrogen (secondary N) is 1. The number of hydrogen-bond donors (Lipinski definition) is 1. The number of carbonyl (C=O) groups excluding carboxylic acids is 3. The van der Waals surface area contributed by atoms with Crippen LogP contribution < -0.4 is 5.32 Å². The normalized spacial score (nSPS) is 28.8. The van der Waals surface area contributed by atoms with Gasteiger partial charge in [-0.1, -0.05) is 87.4 Å². The number of thiazole rings is 1. The van der Waals surface area contributed by atoms with Crippen LogP contribution >= 0.6 is 23.1 Å². The average molecular weight is 910 g/mol. The Morgan fingerprint density at radius 2 is 1.60 bits per heavy atom. The van der Waals surface area contributed by atoms with E-state index in [1.165, 1.54) is 0 Å². The highest BCUT2D eigenvalue weighted by Crippen LogP contribution is 2.49. The fraction of sp³-hybridized carbons (Fsp3) is 0.826. The standard InChI is InChI=1S/C46H83N3O7S2Si2/c1-17-59(18-2,19-3)55-38-30-39(50)53-36(33(8)28-35-31-58-43(48-35)57-16)29-37-46(15,49(37)27-26-47-42(52)54-44(10,11)12)25-23-24-32(7)40(34(9)41(51)45(38,13)14)56-60(20-4,21-5)22-6/h28,31-32,34,36-38,40H,17-27,29-30H2,1-16H3,(H,47,52)/b33-28+/t32-,34+,36-,37-,38-,40-,46+,49?/m0/s1. The van der Waals surface area contributed by atoms with Crippen LogP contribution in [0.5, 0.6) is 0 Å². The Bertz CT molecular complexity index is 1570. The Morgan fingerprint density at radius 3 is 2.13 bits per heavy atom. The molecule has 0 aliphatic carbocycles. The van der Waals surface area contributed by atoms with Crippen LogP contribution in [0.3, 0.4) is 0 Å². The molecule has 0 aromatic carbocycles. The molecule has 60 heavy (non-hydrogen) atoms. The van der Waals surface area contributed by atoms with Crippen LogP contribution in [0.25, 0.3) is 6.08 Å². The smallest absolute Gasteiger partial charge is 0.407 e. The second kappa shape index (κ2) is 22.4. The number of aromatic nitrogens is 1. The van der Waals surface area contributed by atoms with Gasteiger partial charge in [0.1, 0.15) is 21.8 Å². The summed E-state index contributed by atoms with van der Waals surface area (Å²) in [5, 5.41) is 5.01. The number of Topliss-reactive ketones (excluding diaryl/α,β-unsaturated/α-hetero) is 1. The van der Waals surface area contributed by atoms with Crippen molar-refractivity contribution >= 4 is 63.7 Å². The molecule has 10 nitrogen and oxygen atoms in total. The van der Waals surface area contributed by atoms with Crippen molar-refractivity contribution in [1.82, 2.24) is 15.2 Å². The van der Waals surface area contributed by atoms with Gasteiger partial charge in [0.2, 0.25) is 0 Å². The lowest BCUT2D eigenvalue weighted by Gasteiger charge is -2.44. The van der Waals surface area contributed by atoms with Crippen molar-refractivity contribution in [2.45, 2.75) is 212 Å². The zero-order valence-electron chi connectivity index (χ0n) is 40.4. The number of rotatable bonds is 16. The number of carbonyl (C=O) groups is 3. The molecule has 0 saturated carbocycles. The molecule has 1 aromatic heterocycles. The number of ketones is 1. The first-order valence-corrected chi connectivity index (χ1v) is 30.2. The number of thioether (sulfide) groups is 1. The van der Waals surface area contributed by atoms with Crippen LogP contribution in [-0.2, 0) is 27.9 Å². The first-order valence-electron chi connectivity index (χ1n) is 23.0. The van der Waals surface area contributed by atoms with Gasteiger partial charge in [0, 0.05) is 47.8 Å². The number of alkyl carbamates (subject to hydrolysis) is 1. The molecular formula is C46H83N3O7S2Si2. The van der Waals surface area contributed by atoms with E-state index in [0.29, 0.717) is 19.5 Å². The first-order chi connectivity index (χ1) is 28.0. The van der Waals surface area contributed by atoms with Gasteiger partial charge in [0.05, 0.1) is 24.3 Å². The summed E-state index contributed by atoms with van der Waals surface area (Å²) >= 11 is 3.22. The summed E-state index contributed by atoms with van der Waals surface area (Å²) in [6.07, 6.45) is 5.62. The van der Waals surface area contributed by atoms with Gasteiger partial charge >= 0.3 is 12.1 Å². The number of hydrogen-bond acceptors (Lipinski definition) is 11. The van der Waals surface area contributed by atoms with Crippen LogP contribution in [0.15, 0.2) is 15.3 Å². The van der Waals surface area contributed by atoms with Gasteiger partial charge in [-0.15, -0.1) is 11.3 Å². The SMILES string of the molecule is CC[Si](CC)(CC)O[C@H]1[C@@H](C)CCC[C@]2(C)[C@H](C[C@@H](/C(C)=C/c3csc(SC)n3)OC(=O)C[C@H](O[Si](CC)(CC)CC)C(C)(C)C(=O)[C@@H]1C)N2CCNC(=O)OC(C)(C)C. The van der Waals surface area contributed by atoms with Crippen molar-refractivity contribution < 1.29 is 32.7 Å². The van der Waals surface area contributed by atoms with Gasteiger partial charge in [-0.2, -0.15) is 0 Å². The minimum absolute atomic E-state index is 0.0125. The van der Waals surface area contributed by atoms with E-state index in [2.05, 4.69) is 72.5 Å². The van der Waals surface area contributed by atoms with E-state index >= 15 is 4.79 Å². The maximum Gasteiger partial charge on any atom is 0.407 e. The molecule has 1 amide bonds. The van der Waals surface area contributed by atoms with Gasteiger partial charge in [-0.05, 0) is 108 Å². The number of nitrogens with zero attached hydrogens (tertiary/aromatic N) is 2. The molecule has 2 aliphatic rings. The predicted octanol–water partition coefficient (Wildman–Crippen LogP) is 11.8. The van der Waals surface area contributed by atoms with Crippen LogP contribution in [0.4, 0.5) is 4.79 Å². The molecule has 344 valence electrons. The second-order valence-corrected chi connectivity index (χ2v) is 30.8. The van der Waals surface area contributed by atoms with Gasteiger partial charge in [0.15, 0.2) is 16.6 Å². The minimum atomic E-state index is -2.28. The van der Waals surface area contributed by atoms with E-state index in [9.17, 15) is 9.59 Å². The summed E-state index contributed by atoms with van der Waals surface area (Å²) in [6, 6.07) is 5.83. The molecule has 8 atom stereocenters. The van der Waals surface area contributed by atoms with Crippen LogP contribution in [0.1, 0.15) is 142 Å². The molecule has 2 aliphatic heterocycles. The van der Waals surface area contributed by atoms with Crippen LogP contribution in [-0.4, -0.2) is 99.2 Å².